The van der Waals surface area contributed by atoms with Gasteiger partial charge in [0.1, 0.15) is 5.82 Å². The number of nitrogens with one attached hydrogen (secondary N) is 1. The molecule has 0 saturated heterocycles. The average Bonchev–Trinajstić information content (AvgIpc) is 2.47. The molecular weight excluding hydrogens is 252 g/mol. The van der Waals surface area contributed by atoms with Crippen molar-refractivity contribution in [1.29, 1.82) is 0 Å². The van der Waals surface area contributed by atoms with E-state index in [0.717, 1.165) is 12.0 Å². The average molecular weight is 270 g/mol. The van der Waals surface area contributed by atoms with Gasteiger partial charge in [-0.25, -0.2) is 4.98 Å². The lowest BCUT2D eigenvalue weighted by molar-refractivity contribution is 0.100. The van der Waals surface area contributed by atoms with Gasteiger partial charge < -0.3 is 16.8 Å². The molecule has 0 aliphatic rings. The summed E-state index contributed by atoms with van der Waals surface area (Å²) in [5, 5.41) is 3.13. The Bertz CT molecular complexity index is 581. The Hall–Kier alpha value is -2.40. The molecule has 1 amide bonds. The fraction of sp³-hybridized carbons (Fsp3) is 0.200. The lowest BCUT2D eigenvalue weighted by Crippen LogP contribution is -2.15. The Kier molecular flexibility index (Phi) is 4.68. The minimum Gasteiger partial charge on any atom is -0.365 e. The van der Waals surface area contributed by atoms with Crippen molar-refractivity contribution in [3.05, 3.63) is 59.3 Å². The third-order valence-electron chi connectivity index (χ3n) is 2.99. The molecule has 0 atom stereocenters. The highest BCUT2D eigenvalue weighted by atomic mass is 16.1. The molecule has 5 N–H and O–H groups in total. The number of carbonyl (C=O) groups is 1. The predicted molar refractivity (Wildman–Crippen MR) is 79.3 cm³/mol. The van der Waals surface area contributed by atoms with Gasteiger partial charge in [0, 0.05) is 12.7 Å². The van der Waals surface area contributed by atoms with E-state index in [0.29, 0.717) is 24.5 Å². The molecule has 2 aromatic rings. The summed E-state index contributed by atoms with van der Waals surface area (Å²) in [6.07, 6.45) is 2.50. The standard InChI is InChI=1S/C15H18N4O/c16-8-7-11-3-5-12(6-4-11)10-19-15-13(14(17)20)2-1-9-18-15/h1-6,9H,7-8,10,16H2,(H2,17,20)(H,18,19). The van der Waals surface area contributed by atoms with Crippen LogP contribution < -0.4 is 16.8 Å². The third kappa shape index (κ3) is 3.55. The van der Waals surface area contributed by atoms with Gasteiger partial charge in [0.15, 0.2) is 0 Å². The Morgan fingerprint density at radius 1 is 1.15 bits per heavy atom. The van der Waals surface area contributed by atoms with Crippen LogP contribution in [0, 0.1) is 0 Å². The summed E-state index contributed by atoms with van der Waals surface area (Å²) >= 11 is 0. The van der Waals surface area contributed by atoms with Crippen LogP contribution in [0.5, 0.6) is 0 Å². The van der Waals surface area contributed by atoms with Crippen LogP contribution in [0.2, 0.25) is 0 Å². The third-order valence-corrected chi connectivity index (χ3v) is 2.99. The second kappa shape index (κ2) is 6.68. The van der Waals surface area contributed by atoms with Gasteiger partial charge in [-0.05, 0) is 36.2 Å². The Morgan fingerprint density at radius 3 is 2.50 bits per heavy atom. The first-order chi connectivity index (χ1) is 9.70. The number of hydrogen-bond donors (Lipinski definition) is 3. The zero-order valence-corrected chi connectivity index (χ0v) is 11.2. The van der Waals surface area contributed by atoms with E-state index in [1.54, 1.807) is 18.3 Å². The minimum absolute atomic E-state index is 0.396. The molecule has 0 saturated carbocycles. The number of pyridine rings is 1. The van der Waals surface area contributed by atoms with E-state index in [2.05, 4.69) is 22.4 Å². The molecule has 1 aromatic heterocycles. The van der Waals surface area contributed by atoms with Crippen molar-refractivity contribution in [2.24, 2.45) is 11.5 Å². The summed E-state index contributed by atoms with van der Waals surface area (Å²) in [5.74, 6) is 0.0185. The molecular formula is C15H18N4O. The monoisotopic (exact) mass is 270 g/mol. The van der Waals surface area contributed by atoms with E-state index >= 15 is 0 Å². The number of anilines is 1. The van der Waals surface area contributed by atoms with Crippen molar-refractivity contribution in [3.63, 3.8) is 0 Å². The minimum atomic E-state index is -0.487. The number of amides is 1. The number of carbonyl (C=O) groups excluding carboxylic acids is 1. The fourth-order valence-electron chi connectivity index (χ4n) is 1.92. The zero-order valence-electron chi connectivity index (χ0n) is 11.2. The molecule has 2 rings (SSSR count). The highest BCUT2D eigenvalue weighted by molar-refractivity contribution is 5.97. The van der Waals surface area contributed by atoms with E-state index in [4.69, 9.17) is 11.5 Å². The van der Waals surface area contributed by atoms with Gasteiger partial charge in [0.2, 0.25) is 0 Å². The molecule has 0 bridgehead atoms. The SMILES string of the molecule is NCCc1ccc(CNc2ncccc2C(N)=O)cc1. The van der Waals surface area contributed by atoms with Crippen molar-refractivity contribution < 1.29 is 4.79 Å². The normalized spacial score (nSPS) is 10.2. The first-order valence-electron chi connectivity index (χ1n) is 6.47. The Labute approximate surface area is 118 Å². The second-order valence-electron chi connectivity index (χ2n) is 4.47. The Balaban J connectivity index is 2.03. The number of hydrogen-bond acceptors (Lipinski definition) is 4. The first-order valence-corrected chi connectivity index (χ1v) is 6.47. The van der Waals surface area contributed by atoms with Crippen LogP contribution in [0.25, 0.3) is 0 Å². The van der Waals surface area contributed by atoms with E-state index < -0.39 is 5.91 Å². The quantitative estimate of drug-likeness (QED) is 0.737. The van der Waals surface area contributed by atoms with Crippen molar-refractivity contribution in [2.75, 3.05) is 11.9 Å². The number of primary amides is 1. The van der Waals surface area contributed by atoms with Crippen molar-refractivity contribution in [1.82, 2.24) is 4.98 Å². The summed E-state index contributed by atoms with van der Waals surface area (Å²) in [6, 6.07) is 11.5. The summed E-state index contributed by atoms with van der Waals surface area (Å²) < 4.78 is 0. The van der Waals surface area contributed by atoms with E-state index in [9.17, 15) is 4.79 Å². The molecule has 0 radical (unpaired) electrons. The number of benzene rings is 1. The Morgan fingerprint density at radius 2 is 1.85 bits per heavy atom. The van der Waals surface area contributed by atoms with Gasteiger partial charge in [-0.2, -0.15) is 0 Å². The van der Waals surface area contributed by atoms with Crippen LogP contribution in [0.4, 0.5) is 5.82 Å². The van der Waals surface area contributed by atoms with Crippen LogP contribution in [-0.4, -0.2) is 17.4 Å². The van der Waals surface area contributed by atoms with Gasteiger partial charge in [-0.15, -0.1) is 0 Å². The topological polar surface area (TPSA) is 94.0 Å². The van der Waals surface area contributed by atoms with Crippen LogP contribution in [0.1, 0.15) is 21.5 Å². The van der Waals surface area contributed by atoms with Crippen molar-refractivity contribution >= 4 is 11.7 Å². The lowest BCUT2D eigenvalue weighted by Gasteiger charge is -2.09. The van der Waals surface area contributed by atoms with Gasteiger partial charge in [-0.3, -0.25) is 4.79 Å². The smallest absolute Gasteiger partial charge is 0.252 e. The van der Waals surface area contributed by atoms with Crippen LogP contribution >= 0.6 is 0 Å². The summed E-state index contributed by atoms with van der Waals surface area (Å²) in [4.78, 5) is 15.4. The number of rotatable bonds is 6. The predicted octanol–water partition coefficient (Wildman–Crippen LogP) is 1.29. The second-order valence-corrected chi connectivity index (χ2v) is 4.47. The highest BCUT2D eigenvalue weighted by Gasteiger charge is 2.07. The zero-order chi connectivity index (χ0) is 14.4. The molecule has 0 aliphatic carbocycles. The maximum atomic E-state index is 11.3. The first kappa shape index (κ1) is 14.0. The van der Waals surface area contributed by atoms with Crippen LogP contribution in [0.15, 0.2) is 42.6 Å². The molecule has 0 unspecified atom stereocenters. The van der Waals surface area contributed by atoms with Crippen LogP contribution in [0.3, 0.4) is 0 Å². The summed E-state index contributed by atoms with van der Waals surface area (Å²) in [7, 11) is 0. The molecule has 104 valence electrons. The fourth-order valence-corrected chi connectivity index (χ4v) is 1.92. The van der Waals surface area contributed by atoms with Crippen molar-refractivity contribution in [3.8, 4) is 0 Å². The number of nitrogens with two attached hydrogens (primary N) is 2. The summed E-state index contributed by atoms with van der Waals surface area (Å²) in [5.41, 5.74) is 13.5. The maximum absolute atomic E-state index is 11.3. The molecule has 5 nitrogen and oxygen atoms in total. The van der Waals surface area contributed by atoms with Crippen LogP contribution in [-0.2, 0) is 13.0 Å². The lowest BCUT2D eigenvalue weighted by atomic mass is 10.1. The number of aromatic nitrogens is 1. The highest BCUT2D eigenvalue weighted by Crippen LogP contribution is 2.12. The van der Waals surface area contributed by atoms with E-state index in [-0.39, 0.29) is 0 Å². The van der Waals surface area contributed by atoms with Gasteiger partial charge in [-0.1, -0.05) is 24.3 Å². The molecule has 0 spiro atoms. The van der Waals surface area contributed by atoms with E-state index in [1.807, 2.05) is 12.1 Å². The van der Waals surface area contributed by atoms with Gasteiger partial charge >= 0.3 is 0 Å². The summed E-state index contributed by atoms with van der Waals surface area (Å²) in [6.45, 7) is 1.23. The molecule has 0 fully saturated rings. The van der Waals surface area contributed by atoms with Gasteiger partial charge in [0.25, 0.3) is 5.91 Å². The van der Waals surface area contributed by atoms with Gasteiger partial charge in [0.05, 0.1) is 5.56 Å². The number of nitrogens with zero attached hydrogens (tertiary/aromatic N) is 1. The largest absolute Gasteiger partial charge is 0.365 e. The molecule has 20 heavy (non-hydrogen) atoms. The van der Waals surface area contributed by atoms with Crippen molar-refractivity contribution in [2.45, 2.75) is 13.0 Å². The molecule has 1 aromatic carbocycles. The molecule has 5 heteroatoms. The maximum Gasteiger partial charge on any atom is 0.252 e. The molecule has 0 aliphatic heterocycles. The van der Waals surface area contributed by atoms with E-state index in [1.165, 1.54) is 5.56 Å². The molecule has 1 heterocycles.